The highest BCUT2D eigenvalue weighted by Gasteiger charge is 2.32. The molecule has 0 aliphatic rings. The van der Waals surface area contributed by atoms with Crippen LogP contribution in [0.15, 0.2) is 16.6 Å². The average Bonchev–Trinajstić information content (AvgIpc) is 2.30. The van der Waals surface area contributed by atoms with Crippen molar-refractivity contribution in [3.63, 3.8) is 0 Å². The van der Waals surface area contributed by atoms with Crippen molar-refractivity contribution in [1.82, 2.24) is 4.98 Å². The molecule has 1 aromatic heterocycles. The monoisotopic (exact) mass is 369 g/mol. The minimum atomic E-state index is -4.52. The maximum Gasteiger partial charge on any atom is 0.433 e. The van der Waals surface area contributed by atoms with Gasteiger partial charge in [-0.1, -0.05) is 12.2 Å². The maximum absolute atomic E-state index is 12.6. The van der Waals surface area contributed by atoms with E-state index in [4.69, 9.17) is 17.0 Å². The highest BCUT2D eigenvalue weighted by molar-refractivity contribution is 9.10. The van der Waals surface area contributed by atoms with Gasteiger partial charge in [-0.3, -0.25) is 4.79 Å². The molecule has 0 aromatic carbocycles. The number of alkyl halides is 3. The van der Waals surface area contributed by atoms with E-state index in [0.717, 1.165) is 6.07 Å². The molecule has 1 rings (SSSR count). The van der Waals surface area contributed by atoms with Gasteiger partial charge in [-0.2, -0.15) is 13.2 Å². The van der Waals surface area contributed by atoms with Crippen molar-refractivity contribution < 1.29 is 22.7 Å². The van der Waals surface area contributed by atoms with E-state index in [1.54, 1.807) is 6.92 Å². The van der Waals surface area contributed by atoms with Gasteiger partial charge >= 0.3 is 12.1 Å². The lowest BCUT2D eigenvalue weighted by Crippen LogP contribution is -2.14. The number of aromatic nitrogens is 1. The molecule has 8 heteroatoms. The average molecular weight is 370 g/mol. The fourth-order valence-electron chi connectivity index (χ4n) is 1.39. The summed E-state index contributed by atoms with van der Waals surface area (Å²) in [4.78, 5) is 15.0. The third-order valence-corrected chi connectivity index (χ3v) is 3.23. The Hall–Kier alpha value is -1.02. The van der Waals surface area contributed by atoms with Gasteiger partial charge in [-0.25, -0.2) is 4.98 Å². The fraction of sp³-hybridized carbons (Fsp3) is 0.417. The Bertz CT molecular complexity index is 520. The molecule has 0 atom stereocenters. The minimum Gasteiger partial charge on any atom is -0.466 e. The molecule has 0 aliphatic heterocycles. The van der Waals surface area contributed by atoms with E-state index < -0.39 is 17.8 Å². The van der Waals surface area contributed by atoms with Crippen molar-refractivity contribution in [2.24, 2.45) is 0 Å². The largest absolute Gasteiger partial charge is 0.466 e. The summed E-state index contributed by atoms with van der Waals surface area (Å²) < 4.78 is 42.8. The molecule has 3 nitrogen and oxygen atoms in total. The summed E-state index contributed by atoms with van der Waals surface area (Å²) in [6.45, 7) is 1.89. The number of carbonyl (C=O) groups is 1. The van der Waals surface area contributed by atoms with Crippen molar-refractivity contribution in [3.05, 3.63) is 28.0 Å². The summed E-state index contributed by atoms with van der Waals surface area (Å²) in [6, 6.07) is 2.14. The molecule has 20 heavy (non-hydrogen) atoms. The normalized spacial score (nSPS) is 11.2. The number of hydrogen-bond acceptors (Lipinski definition) is 4. The standard InChI is InChI=1S/C12H11BrF3NO2S/c1-2-19-11(18)6-7(20)5-9-8(13)3-4-10(17-9)12(14,15)16/h3-4H,2,5-6H2,1H3. The van der Waals surface area contributed by atoms with Gasteiger partial charge in [-0.05, 0) is 35.0 Å². The van der Waals surface area contributed by atoms with Gasteiger partial charge in [0.2, 0.25) is 0 Å². The van der Waals surface area contributed by atoms with Gasteiger partial charge in [0.05, 0.1) is 18.7 Å². The summed E-state index contributed by atoms with van der Waals surface area (Å²) >= 11 is 8.10. The third kappa shape index (κ3) is 5.16. The lowest BCUT2D eigenvalue weighted by molar-refractivity contribution is -0.142. The van der Waals surface area contributed by atoms with E-state index in [0.29, 0.717) is 4.47 Å². The number of nitrogens with zero attached hydrogens (tertiary/aromatic N) is 1. The summed E-state index contributed by atoms with van der Waals surface area (Å²) in [5.74, 6) is -0.499. The number of esters is 1. The molecule has 110 valence electrons. The molecule has 1 aromatic rings. The van der Waals surface area contributed by atoms with Crippen LogP contribution in [0.3, 0.4) is 0 Å². The summed E-state index contributed by atoms with van der Waals surface area (Å²) in [5, 5.41) is 0. The highest BCUT2D eigenvalue weighted by Crippen LogP contribution is 2.29. The smallest absolute Gasteiger partial charge is 0.433 e. The van der Waals surface area contributed by atoms with Crippen LogP contribution in [-0.2, 0) is 22.1 Å². The molecule has 0 bridgehead atoms. The van der Waals surface area contributed by atoms with Crippen LogP contribution in [0.4, 0.5) is 13.2 Å². The Kier molecular flexibility index (Phi) is 6.07. The predicted octanol–water partition coefficient (Wildman–Crippen LogP) is 3.73. The van der Waals surface area contributed by atoms with Crippen molar-refractivity contribution in [2.75, 3.05) is 6.61 Å². The van der Waals surface area contributed by atoms with Crippen LogP contribution in [-0.4, -0.2) is 22.4 Å². The van der Waals surface area contributed by atoms with E-state index in [1.807, 2.05) is 0 Å². The molecule has 0 amide bonds. The molecule has 0 aliphatic carbocycles. The van der Waals surface area contributed by atoms with Crippen LogP contribution in [0.25, 0.3) is 0 Å². The Morgan fingerprint density at radius 1 is 1.45 bits per heavy atom. The Labute approximate surface area is 127 Å². The minimum absolute atomic E-state index is 0.00134. The van der Waals surface area contributed by atoms with Crippen molar-refractivity contribution in [2.45, 2.75) is 25.9 Å². The first-order valence-electron chi connectivity index (χ1n) is 5.64. The van der Waals surface area contributed by atoms with Crippen molar-refractivity contribution >= 4 is 39.0 Å². The van der Waals surface area contributed by atoms with Crippen LogP contribution in [0.2, 0.25) is 0 Å². The lowest BCUT2D eigenvalue weighted by Gasteiger charge is -2.10. The van der Waals surface area contributed by atoms with Crippen LogP contribution in [0, 0.1) is 0 Å². The third-order valence-electron chi connectivity index (χ3n) is 2.22. The van der Waals surface area contributed by atoms with Crippen LogP contribution >= 0.6 is 28.1 Å². The van der Waals surface area contributed by atoms with E-state index in [9.17, 15) is 18.0 Å². The van der Waals surface area contributed by atoms with Crippen LogP contribution in [0.1, 0.15) is 24.7 Å². The lowest BCUT2D eigenvalue weighted by atomic mass is 10.1. The number of thiocarbonyl (C=S) groups is 1. The van der Waals surface area contributed by atoms with E-state index in [-0.39, 0.29) is 30.0 Å². The van der Waals surface area contributed by atoms with Gasteiger partial charge in [0.15, 0.2) is 0 Å². The predicted molar refractivity (Wildman–Crippen MR) is 74.5 cm³/mol. The Balaban J connectivity index is 2.81. The summed E-state index contributed by atoms with van der Waals surface area (Å²) in [5.41, 5.74) is -0.844. The van der Waals surface area contributed by atoms with E-state index in [2.05, 4.69) is 20.9 Å². The number of carbonyl (C=O) groups excluding carboxylic acids is 1. The first-order valence-corrected chi connectivity index (χ1v) is 6.84. The molecule has 0 N–H and O–H groups in total. The van der Waals surface area contributed by atoms with Crippen molar-refractivity contribution in [1.29, 1.82) is 0 Å². The fourth-order valence-corrected chi connectivity index (χ4v) is 2.00. The molecular formula is C12H11BrF3NO2S. The second-order valence-electron chi connectivity index (χ2n) is 3.82. The van der Waals surface area contributed by atoms with Crippen LogP contribution in [0.5, 0.6) is 0 Å². The molecule has 0 fully saturated rings. The zero-order chi connectivity index (χ0) is 15.3. The molecule has 0 unspecified atom stereocenters. The topological polar surface area (TPSA) is 39.2 Å². The zero-order valence-corrected chi connectivity index (χ0v) is 12.9. The summed E-state index contributed by atoms with van der Waals surface area (Å²) in [7, 11) is 0. The second-order valence-corrected chi connectivity index (χ2v) is 5.25. The molecule has 0 spiro atoms. The SMILES string of the molecule is CCOC(=O)CC(=S)Cc1nc(C(F)(F)F)ccc1Br. The van der Waals surface area contributed by atoms with E-state index >= 15 is 0 Å². The second kappa shape index (κ2) is 7.12. The molecule has 0 saturated carbocycles. The summed E-state index contributed by atoms with van der Waals surface area (Å²) in [6.07, 6.45) is -4.63. The Morgan fingerprint density at radius 2 is 2.10 bits per heavy atom. The zero-order valence-electron chi connectivity index (χ0n) is 10.5. The first kappa shape index (κ1) is 17.0. The van der Waals surface area contributed by atoms with Gasteiger partial charge in [-0.15, -0.1) is 0 Å². The molecular weight excluding hydrogens is 359 g/mol. The first-order chi connectivity index (χ1) is 9.24. The van der Waals surface area contributed by atoms with Gasteiger partial charge in [0.25, 0.3) is 0 Å². The van der Waals surface area contributed by atoms with Gasteiger partial charge < -0.3 is 4.74 Å². The Morgan fingerprint density at radius 3 is 2.65 bits per heavy atom. The van der Waals surface area contributed by atoms with E-state index in [1.165, 1.54) is 6.07 Å². The van der Waals surface area contributed by atoms with Crippen molar-refractivity contribution in [3.8, 4) is 0 Å². The molecule has 0 radical (unpaired) electrons. The highest BCUT2D eigenvalue weighted by atomic mass is 79.9. The quantitative estimate of drug-likeness (QED) is 0.585. The number of halogens is 4. The molecule has 0 saturated heterocycles. The number of rotatable bonds is 5. The molecule has 1 heterocycles. The number of hydrogen-bond donors (Lipinski definition) is 0. The van der Waals surface area contributed by atoms with Crippen LogP contribution < -0.4 is 0 Å². The maximum atomic E-state index is 12.6. The number of pyridine rings is 1. The van der Waals surface area contributed by atoms with Gasteiger partial charge in [0.1, 0.15) is 5.69 Å². The van der Waals surface area contributed by atoms with Gasteiger partial charge in [0, 0.05) is 15.8 Å². The number of ether oxygens (including phenoxy) is 1.